The molecule has 0 aliphatic heterocycles. The first-order valence-corrected chi connectivity index (χ1v) is 9.18. The third-order valence-electron chi connectivity index (χ3n) is 4.82. The van der Waals surface area contributed by atoms with Crippen LogP contribution in [0.25, 0.3) is 5.69 Å². The monoisotopic (exact) mass is 379 g/mol. The van der Waals surface area contributed by atoms with E-state index in [-0.39, 0.29) is 17.2 Å². The zero-order valence-electron chi connectivity index (χ0n) is 16.8. The van der Waals surface area contributed by atoms with Gasteiger partial charge in [0.15, 0.2) is 6.10 Å². The van der Waals surface area contributed by atoms with E-state index in [1.807, 2.05) is 62.4 Å². The van der Waals surface area contributed by atoms with Gasteiger partial charge in [0.05, 0.1) is 11.4 Å². The van der Waals surface area contributed by atoms with Crippen molar-refractivity contribution in [2.75, 3.05) is 5.32 Å². The van der Waals surface area contributed by atoms with E-state index in [9.17, 15) is 9.59 Å². The number of ether oxygens (including phenoxy) is 1. The number of hydrogen-bond donors (Lipinski definition) is 1. The van der Waals surface area contributed by atoms with Crippen molar-refractivity contribution in [3.05, 3.63) is 75.7 Å². The number of aryl methyl sites for hydroxylation is 2. The predicted octanol–water partition coefficient (Wildman–Crippen LogP) is 3.51. The fourth-order valence-corrected chi connectivity index (χ4v) is 3.02. The van der Waals surface area contributed by atoms with Crippen molar-refractivity contribution in [3.8, 4) is 11.4 Å². The van der Waals surface area contributed by atoms with Gasteiger partial charge in [0.25, 0.3) is 11.5 Å². The number of amides is 1. The van der Waals surface area contributed by atoms with Crippen molar-refractivity contribution >= 4 is 11.6 Å². The molecule has 0 radical (unpaired) electrons. The molecule has 3 aromatic rings. The van der Waals surface area contributed by atoms with Gasteiger partial charge < -0.3 is 10.1 Å². The van der Waals surface area contributed by atoms with Crippen molar-refractivity contribution < 1.29 is 9.53 Å². The summed E-state index contributed by atoms with van der Waals surface area (Å²) in [6.45, 7) is 7.37. The maximum atomic E-state index is 12.9. The molecule has 1 N–H and O–H groups in total. The van der Waals surface area contributed by atoms with Gasteiger partial charge in [-0.15, -0.1) is 0 Å². The summed E-state index contributed by atoms with van der Waals surface area (Å²) in [6, 6.07) is 15.2. The highest BCUT2D eigenvalue weighted by atomic mass is 16.5. The lowest BCUT2D eigenvalue weighted by atomic mass is 10.1. The van der Waals surface area contributed by atoms with Crippen LogP contribution in [-0.2, 0) is 11.8 Å². The lowest BCUT2D eigenvalue weighted by Crippen LogP contribution is -2.32. The van der Waals surface area contributed by atoms with Gasteiger partial charge in [0, 0.05) is 7.05 Å². The van der Waals surface area contributed by atoms with Crippen LogP contribution in [0.1, 0.15) is 23.7 Å². The van der Waals surface area contributed by atoms with E-state index in [4.69, 9.17) is 4.74 Å². The Balaban J connectivity index is 1.84. The number of para-hydroxylation sites is 1. The molecule has 2 aromatic carbocycles. The normalized spacial score (nSPS) is 11.9. The molecule has 1 heterocycles. The summed E-state index contributed by atoms with van der Waals surface area (Å²) >= 11 is 0. The van der Waals surface area contributed by atoms with Crippen LogP contribution in [0.2, 0.25) is 0 Å². The number of nitrogens with zero attached hydrogens (tertiary/aromatic N) is 2. The predicted molar refractivity (Wildman–Crippen MR) is 110 cm³/mol. The Labute approximate surface area is 164 Å². The van der Waals surface area contributed by atoms with E-state index in [0.29, 0.717) is 11.4 Å². The molecule has 6 heteroatoms. The molecule has 3 rings (SSSR count). The molecule has 0 spiro atoms. The molecule has 146 valence electrons. The van der Waals surface area contributed by atoms with Gasteiger partial charge in [-0.05, 0) is 57.0 Å². The van der Waals surface area contributed by atoms with Gasteiger partial charge in [0.1, 0.15) is 11.4 Å². The molecule has 0 bridgehead atoms. The zero-order valence-corrected chi connectivity index (χ0v) is 16.8. The smallest absolute Gasteiger partial charge is 0.295 e. The van der Waals surface area contributed by atoms with Crippen LogP contribution in [0, 0.1) is 20.8 Å². The Morgan fingerprint density at radius 3 is 2.43 bits per heavy atom. The summed E-state index contributed by atoms with van der Waals surface area (Å²) in [5.74, 6) is 0.293. The number of hydrogen-bond acceptors (Lipinski definition) is 3. The maximum absolute atomic E-state index is 12.9. The first-order valence-electron chi connectivity index (χ1n) is 9.18. The number of aromatic nitrogens is 2. The van der Waals surface area contributed by atoms with E-state index < -0.39 is 6.10 Å². The van der Waals surface area contributed by atoms with Crippen LogP contribution in [0.15, 0.2) is 53.3 Å². The number of carbonyl (C=O) groups excluding carboxylic acids is 1. The number of nitrogens with one attached hydrogen (secondary N) is 1. The molecule has 0 aliphatic carbocycles. The van der Waals surface area contributed by atoms with Crippen LogP contribution in [0.5, 0.6) is 5.75 Å². The maximum Gasteiger partial charge on any atom is 0.295 e. The van der Waals surface area contributed by atoms with E-state index in [0.717, 1.165) is 16.8 Å². The molecule has 0 fully saturated rings. The summed E-state index contributed by atoms with van der Waals surface area (Å²) in [5, 5.41) is 2.75. The molecular formula is C22H25N3O3. The lowest BCUT2D eigenvalue weighted by molar-refractivity contribution is -0.122. The summed E-state index contributed by atoms with van der Waals surface area (Å²) in [4.78, 5) is 25.6. The van der Waals surface area contributed by atoms with Gasteiger partial charge in [-0.1, -0.05) is 30.3 Å². The largest absolute Gasteiger partial charge is 0.481 e. The fourth-order valence-electron chi connectivity index (χ4n) is 3.02. The first kappa shape index (κ1) is 19.5. The van der Waals surface area contributed by atoms with Crippen molar-refractivity contribution in [1.29, 1.82) is 0 Å². The summed E-state index contributed by atoms with van der Waals surface area (Å²) in [6.07, 6.45) is -0.746. The molecule has 0 saturated carbocycles. The second kappa shape index (κ2) is 7.76. The molecular weight excluding hydrogens is 354 g/mol. The molecule has 0 unspecified atom stereocenters. The van der Waals surface area contributed by atoms with E-state index in [1.54, 1.807) is 25.6 Å². The average molecular weight is 379 g/mol. The standard InChI is InChI=1S/C22H25N3O3/c1-14-11-12-15(2)19(13-14)28-17(4)21(26)23-20-16(3)24(5)25(22(20)27)18-9-7-6-8-10-18/h6-13,17H,1-5H3,(H,23,26)/t17-/m1/s1. The fraction of sp³-hybridized carbons (Fsp3) is 0.273. The third-order valence-corrected chi connectivity index (χ3v) is 4.82. The summed E-state index contributed by atoms with van der Waals surface area (Å²) < 4.78 is 9.09. The highest BCUT2D eigenvalue weighted by Crippen LogP contribution is 2.21. The molecule has 28 heavy (non-hydrogen) atoms. The van der Waals surface area contributed by atoms with Crippen LogP contribution < -0.4 is 15.6 Å². The van der Waals surface area contributed by atoms with Crippen molar-refractivity contribution in [2.24, 2.45) is 7.05 Å². The average Bonchev–Trinajstić information content (AvgIpc) is 2.88. The Hall–Kier alpha value is -3.28. The number of carbonyl (C=O) groups is 1. The number of benzene rings is 2. The number of rotatable bonds is 5. The Morgan fingerprint density at radius 1 is 1.07 bits per heavy atom. The van der Waals surface area contributed by atoms with Crippen molar-refractivity contribution in [2.45, 2.75) is 33.8 Å². The minimum absolute atomic E-state index is 0.257. The second-order valence-corrected chi connectivity index (χ2v) is 6.95. The highest BCUT2D eigenvalue weighted by molar-refractivity contribution is 5.94. The van der Waals surface area contributed by atoms with Gasteiger partial charge >= 0.3 is 0 Å². The van der Waals surface area contributed by atoms with Crippen LogP contribution in [-0.4, -0.2) is 21.4 Å². The Bertz CT molecular complexity index is 1060. The topological polar surface area (TPSA) is 65.3 Å². The van der Waals surface area contributed by atoms with E-state index in [2.05, 4.69) is 5.32 Å². The summed E-state index contributed by atoms with van der Waals surface area (Å²) in [5.41, 5.74) is 3.39. The van der Waals surface area contributed by atoms with Gasteiger partial charge in [-0.3, -0.25) is 14.3 Å². The van der Waals surface area contributed by atoms with E-state index >= 15 is 0 Å². The van der Waals surface area contributed by atoms with Crippen molar-refractivity contribution in [1.82, 2.24) is 9.36 Å². The molecule has 1 amide bonds. The Kier molecular flexibility index (Phi) is 5.40. The number of anilines is 1. The zero-order chi connectivity index (χ0) is 20.4. The van der Waals surface area contributed by atoms with Gasteiger partial charge in [-0.2, -0.15) is 0 Å². The van der Waals surface area contributed by atoms with Crippen LogP contribution in [0.3, 0.4) is 0 Å². The van der Waals surface area contributed by atoms with Crippen LogP contribution >= 0.6 is 0 Å². The molecule has 1 aromatic heterocycles. The van der Waals surface area contributed by atoms with Crippen LogP contribution in [0.4, 0.5) is 5.69 Å². The van der Waals surface area contributed by atoms with Crippen molar-refractivity contribution in [3.63, 3.8) is 0 Å². The SMILES string of the molecule is Cc1ccc(C)c(O[C@H](C)C(=O)Nc2c(C)n(C)n(-c3ccccc3)c2=O)c1. The third kappa shape index (κ3) is 3.71. The highest BCUT2D eigenvalue weighted by Gasteiger charge is 2.22. The minimum atomic E-state index is -0.746. The Morgan fingerprint density at radius 2 is 1.75 bits per heavy atom. The molecule has 6 nitrogen and oxygen atoms in total. The minimum Gasteiger partial charge on any atom is -0.481 e. The lowest BCUT2D eigenvalue weighted by Gasteiger charge is -2.16. The molecule has 1 atom stereocenters. The second-order valence-electron chi connectivity index (χ2n) is 6.95. The molecule has 0 saturated heterocycles. The summed E-state index contributed by atoms with van der Waals surface area (Å²) in [7, 11) is 1.79. The first-order chi connectivity index (χ1) is 13.3. The molecule has 0 aliphatic rings. The van der Waals surface area contributed by atoms with E-state index in [1.165, 1.54) is 4.68 Å². The van der Waals surface area contributed by atoms with Gasteiger partial charge in [-0.25, -0.2) is 4.68 Å². The quantitative estimate of drug-likeness (QED) is 0.738. The van der Waals surface area contributed by atoms with Gasteiger partial charge in [0.2, 0.25) is 0 Å².